The van der Waals surface area contributed by atoms with Crippen molar-refractivity contribution in [1.82, 2.24) is 4.98 Å². The van der Waals surface area contributed by atoms with E-state index in [9.17, 15) is 13.2 Å². The standard InChI is InChI=1S/C12H10F3NO/c1-7-3-9(11-16-6-8(2)17-11)5-10(4-7)12(13,14)15/h3-6H,1-2H3. The fourth-order valence-corrected chi connectivity index (χ4v) is 1.56. The van der Waals surface area contributed by atoms with Gasteiger partial charge in [0, 0.05) is 5.56 Å². The van der Waals surface area contributed by atoms with Crippen molar-refractivity contribution in [3.63, 3.8) is 0 Å². The van der Waals surface area contributed by atoms with E-state index in [0.717, 1.165) is 12.1 Å². The van der Waals surface area contributed by atoms with Crippen LogP contribution in [0.4, 0.5) is 13.2 Å². The van der Waals surface area contributed by atoms with Crippen LogP contribution in [0.15, 0.2) is 28.8 Å². The molecular weight excluding hydrogens is 231 g/mol. The maximum atomic E-state index is 12.6. The van der Waals surface area contributed by atoms with Crippen molar-refractivity contribution >= 4 is 0 Å². The first-order valence-electron chi connectivity index (χ1n) is 4.98. The Labute approximate surface area is 96.1 Å². The molecule has 1 aromatic heterocycles. The van der Waals surface area contributed by atoms with E-state index in [1.807, 2.05) is 0 Å². The van der Waals surface area contributed by atoms with E-state index in [1.165, 1.54) is 6.20 Å². The van der Waals surface area contributed by atoms with E-state index in [4.69, 9.17) is 4.42 Å². The molecule has 1 aromatic carbocycles. The molecule has 0 unspecified atom stereocenters. The number of aromatic nitrogens is 1. The Bertz CT molecular complexity index is 543. The molecule has 0 amide bonds. The third-order valence-electron chi connectivity index (χ3n) is 2.27. The Kier molecular flexibility index (Phi) is 2.69. The molecule has 1 heterocycles. The maximum absolute atomic E-state index is 12.6. The number of nitrogens with zero attached hydrogens (tertiary/aromatic N) is 1. The summed E-state index contributed by atoms with van der Waals surface area (Å²) in [6.07, 6.45) is -2.88. The van der Waals surface area contributed by atoms with Gasteiger partial charge in [-0.2, -0.15) is 13.2 Å². The molecule has 2 nitrogen and oxygen atoms in total. The van der Waals surface area contributed by atoms with Gasteiger partial charge in [0.15, 0.2) is 0 Å². The van der Waals surface area contributed by atoms with Gasteiger partial charge in [0.05, 0.1) is 11.8 Å². The Morgan fingerprint density at radius 2 is 1.82 bits per heavy atom. The highest BCUT2D eigenvalue weighted by Gasteiger charge is 2.31. The summed E-state index contributed by atoms with van der Waals surface area (Å²) in [5.41, 5.74) is 0.166. The molecule has 0 radical (unpaired) electrons. The third-order valence-corrected chi connectivity index (χ3v) is 2.27. The van der Waals surface area contributed by atoms with Crippen LogP contribution in [0.2, 0.25) is 0 Å². The normalized spacial score (nSPS) is 11.8. The van der Waals surface area contributed by atoms with Crippen molar-refractivity contribution in [2.45, 2.75) is 20.0 Å². The van der Waals surface area contributed by atoms with Gasteiger partial charge in [0.1, 0.15) is 5.76 Å². The van der Waals surface area contributed by atoms with Crippen LogP contribution in [0.5, 0.6) is 0 Å². The molecule has 17 heavy (non-hydrogen) atoms. The lowest BCUT2D eigenvalue weighted by Gasteiger charge is -2.08. The minimum absolute atomic E-state index is 0.205. The van der Waals surface area contributed by atoms with Crippen LogP contribution in [-0.4, -0.2) is 4.98 Å². The van der Waals surface area contributed by atoms with Crippen molar-refractivity contribution in [2.24, 2.45) is 0 Å². The fraction of sp³-hybridized carbons (Fsp3) is 0.250. The van der Waals surface area contributed by atoms with Gasteiger partial charge in [-0.05, 0) is 37.6 Å². The zero-order chi connectivity index (χ0) is 12.6. The lowest BCUT2D eigenvalue weighted by molar-refractivity contribution is -0.137. The highest BCUT2D eigenvalue weighted by atomic mass is 19.4. The zero-order valence-corrected chi connectivity index (χ0v) is 9.30. The average molecular weight is 241 g/mol. The second-order valence-electron chi connectivity index (χ2n) is 3.86. The molecule has 0 N–H and O–H groups in total. The van der Waals surface area contributed by atoms with Crippen LogP contribution in [0.25, 0.3) is 11.5 Å². The maximum Gasteiger partial charge on any atom is 0.416 e. The number of rotatable bonds is 1. The molecule has 0 aliphatic carbocycles. The summed E-state index contributed by atoms with van der Waals surface area (Å²) < 4.78 is 43.1. The van der Waals surface area contributed by atoms with E-state index in [0.29, 0.717) is 16.9 Å². The Hall–Kier alpha value is -1.78. The molecule has 90 valence electrons. The van der Waals surface area contributed by atoms with Gasteiger partial charge >= 0.3 is 6.18 Å². The predicted molar refractivity (Wildman–Crippen MR) is 56.4 cm³/mol. The first-order valence-corrected chi connectivity index (χ1v) is 4.98. The first-order chi connectivity index (χ1) is 7.86. The van der Waals surface area contributed by atoms with E-state index < -0.39 is 11.7 Å². The largest absolute Gasteiger partial charge is 0.441 e. The molecule has 2 rings (SSSR count). The van der Waals surface area contributed by atoms with Crippen LogP contribution < -0.4 is 0 Å². The number of hydrogen-bond donors (Lipinski definition) is 0. The van der Waals surface area contributed by atoms with Crippen molar-refractivity contribution in [3.05, 3.63) is 41.3 Å². The molecule has 0 fully saturated rings. The molecule has 0 atom stereocenters. The number of oxazole rings is 1. The van der Waals surface area contributed by atoms with Crippen LogP contribution in [0.1, 0.15) is 16.9 Å². The number of halogens is 3. The van der Waals surface area contributed by atoms with Gasteiger partial charge in [-0.1, -0.05) is 0 Å². The highest BCUT2D eigenvalue weighted by molar-refractivity contribution is 5.56. The minimum Gasteiger partial charge on any atom is -0.441 e. The van der Waals surface area contributed by atoms with Gasteiger partial charge in [0.25, 0.3) is 0 Å². The number of benzene rings is 1. The van der Waals surface area contributed by atoms with E-state index >= 15 is 0 Å². The summed E-state index contributed by atoms with van der Waals surface area (Å²) in [5.74, 6) is 0.770. The zero-order valence-electron chi connectivity index (χ0n) is 9.30. The summed E-state index contributed by atoms with van der Waals surface area (Å²) in [7, 11) is 0. The predicted octanol–water partition coefficient (Wildman–Crippen LogP) is 3.98. The van der Waals surface area contributed by atoms with Gasteiger partial charge in [-0.25, -0.2) is 4.98 Å². The Morgan fingerprint density at radius 1 is 1.12 bits per heavy atom. The Morgan fingerprint density at radius 3 is 2.35 bits per heavy atom. The molecule has 0 saturated heterocycles. The van der Waals surface area contributed by atoms with E-state index in [-0.39, 0.29) is 5.89 Å². The van der Waals surface area contributed by atoms with E-state index in [2.05, 4.69) is 4.98 Å². The Balaban J connectivity index is 2.52. The summed E-state index contributed by atoms with van der Waals surface area (Å²) >= 11 is 0. The lowest BCUT2D eigenvalue weighted by Crippen LogP contribution is -2.05. The molecule has 0 bridgehead atoms. The molecule has 0 aliphatic heterocycles. The van der Waals surface area contributed by atoms with Gasteiger partial charge in [0.2, 0.25) is 5.89 Å². The number of hydrogen-bond acceptors (Lipinski definition) is 2. The van der Waals surface area contributed by atoms with Crippen LogP contribution in [0.3, 0.4) is 0 Å². The SMILES string of the molecule is Cc1cc(-c2ncc(C)o2)cc(C(F)(F)F)c1. The molecule has 0 aliphatic rings. The van der Waals surface area contributed by atoms with Crippen molar-refractivity contribution in [1.29, 1.82) is 0 Å². The molecule has 5 heteroatoms. The van der Waals surface area contributed by atoms with Crippen molar-refractivity contribution < 1.29 is 17.6 Å². The van der Waals surface area contributed by atoms with Gasteiger partial charge in [-0.15, -0.1) is 0 Å². The first kappa shape index (κ1) is 11.7. The van der Waals surface area contributed by atoms with Gasteiger partial charge < -0.3 is 4.42 Å². The summed E-state index contributed by atoms with van der Waals surface area (Å²) in [6.45, 7) is 3.30. The summed E-state index contributed by atoms with van der Waals surface area (Å²) in [6, 6.07) is 3.75. The number of aryl methyl sites for hydroxylation is 2. The fourth-order valence-electron chi connectivity index (χ4n) is 1.56. The molecular formula is C12H10F3NO. The quantitative estimate of drug-likeness (QED) is 0.754. The second-order valence-corrected chi connectivity index (χ2v) is 3.86. The monoisotopic (exact) mass is 241 g/mol. The molecule has 2 aromatic rings. The summed E-state index contributed by atoms with van der Waals surface area (Å²) in [5, 5.41) is 0. The topological polar surface area (TPSA) is 26.0 Å². The van der Waals surface area contributed by atoms with E-state index in [1.54, 1.807) is 19.9 Å². The molecule has 0 saturated carbocycles. The van der Waals surface area contributed by atoms with Crippen molar-refractivity contribution in [2.75, 3.05) is 0 Å². The van der Waals surface area contributed by atoms with Crippen LogP contribution in [-0.2, 0) is 6.18 Å². The number of alkyl halides is 3. The molecule has 0 spiro atoms. The third kappa shape index (κ3) is 2.49. The minimum atomic E-state index is -4.36. The van der Waals surface area contributed by atoms with Crippen molar-refractivity contribution in [3.8, 4) is 11.5 Å². The highest BCUT2D eigenvalue weighted by Crippen LogP contribution is 2.33. The van der Waals surface area contributed by atoms with Crippen LogP contribution in [0, 0.1) is 13.8 Å². The summed E-state index contributed by atoms with van der Waals surface area (Å²) in [4.78, 5) is 3.92. The lowest BCUT2D eigenvalue weighted by atomic mass is 10.1. The average Bonchev–Trinajstić information content (AvgIpc) is 2.62. The smallest absolute Gasteiger partial charge is 0.416 e. The second kappa shape index (κ2) is 3.91. The van der Waals surface area contributed by atoms with Crippen LogP contribution >= 0.6 is 0 Å². The van der Waals surface area contributed by atoms with Gasteiger partial charge in [-0.3, -0.25) is 0 Å².